The van der Waals surface area contributed by atoms with Crippen LogP contribution in [-0.4, -0.2) is 36.1 Å². The monoisotopic (exact) mass is 155 g/mol. The highest BCUT2D eigenvalue weighted by Gasteiger charge is 2.12. The van der Waals surface area contributed by atoms with Gasteiger partial charge in [-0.1, -0.05) is 12.8 Å². The van der Waals surface area contributed by atoms with Gasteiger partial charge in [0.25, 0.3) is 0 Å². The SMILES string of the molecule is C#CCN(C)CC(C)C(=O)O. The summed E-state index contributed by atoms with van der Waals surface area (Å²) in [5, 5.41) is 8.52. The van der Waals surface area contributed by atoms with Crippen molar-refractivity contribution >= 4 is 5.97 Å². The fourth-order valence-electron chi connectivity index (χ4n) is 0.766. The van der Waals surface area contributed by atoms with E-state index in [1.165, 1.54) is 0 Å². The van der Waals surface area contributed by atoms with E-state index in [1.54, 1.807) is 18.9 Å². The minimum absolute atomic E-state index is 0.353. The predicted octanol–water partition coefficient (Wildman–Crippen LogP) is 0.272. The zero-order valence-electron chi connectivity index (χ0n) is 6.87. The molecule has 0 bridgehead atoms. The van der Waals surface area contributed by atoms with Gasteiger partial charge in [0.05, 0.1) is 12.5 Å². The van der Waals surface area contributed by atoms with Crippen LogP contribution in [0, 0.1) is 18.3 Å². The molecule has 0 aliphatic rings. The van der Waals surface area contributed by atoms with Crippen molar-refractivity contribution < 1.29 is 9.90 Å². The van der Waals surface area contributed by atoms with Crippen LogP contribution < -0.4 is 0 Å². The third-order valence-electron chi connectivity index (χ3n) is 1.37. The highest BCUT2D eigenvalue weighted by Crippen LogP contribution is 1.96. The first-order chi connectivity index (χ1) is 5.07. The molecule has 0 amide bonds. The normalized spacial score (nSPS) is 12.5. The molecule has 1 N–H and O–H groups in total. The molecular formula is C8H13NO2. The minimum atomic E-state index is -0.783. The quantitative estimate of drug-likeness (QED) is 0.592. The Morgan fingerprint density at radius 3 is 2.73 bits per heavy atom. The first-order valence-electron chi connectivity index (χ1n) is 3.42. The summed E-state index contributed by atoms with van der Waals surface area (Å²) in [5.74, 6) is 1.31. The summed E-state index contributed by atoms with van der Waals surface area (Å²) in [5.41, 5.74) is 0. The van der Waals surface area contributed by atoms with Crippen LogP contribution >= 0.6 is 0 Å². The Hall–Kier alpha value is -1.01. The maximum absolute atomic E-state index is 10.4. The number of hydrogen-bond donors (Lipinski definition) is 1. The van der Waals surface area contributed by atoms with E-state index in [9.17, 15) is 4.79 Å². The highest BCUT2D eigenvalue weighted by atomic mass is 16.4. The number of rotatable bonds is 4. The average Bonchev–Trinajstić information content (AvgIpc) is 1.87. The van der Waals surface area contributed by atoms with E-state index in [1.807, 2.05) is 0 Å². The lowest BCUT2D eigenvalue weighted by molar-refractivity contribution is -0.141. The van der Waals surface area contributed by atoms with Crippen LogP contribution in [0.1, 0.15) is 6.92 Å². The second-order valence-corrected chi connectivity index (χ2v) is 2.64. The van der Waals surface area contributed by atoms with Crippen molar-refractivity contribution in [2.75, 3.05) is 20.1 Å². The van der Waals surface area contributed by atoms with Crippen molar-refractivity contribution in [3.63, 3.8) is 0 Å². The molecule has 0 saturated heterocycles. The van der Waals surface area contributed by atoms with Gasteiger partial charge in [-0.15, -0.1) is 6.42 Å². The van der Waals surface area contributed by atoms with Crippen molar-refractivity contribution in [1.29, 1.82) is 0 Å². The molecule has 0 aliphatic carbocycles. The van der Waals surface area contributed by atoms with Crippen LogP contribution in [-0.2, 0) is 4.79 Å². The molecule has 0 aromatic rings. The highest BCUT2D eigenvalue weighted by molar-refractivity contribution is 5.69. The molecule has 62 valence electrons. The lowest BCUT2D eigenvalue weighted by Crippen LogP contribution is -2.28. The smallest absolute Gasteiger partial charge is 0.307 e. The standard InChI is InChI=1S/C8H13NO2/c1-4-5-9(3)6-7(2)8(10)11/h1,7H,5-6H2,2-3H3,(H,10,11). The fourth-order valence-corrected chi connectivity index (χ4v) is 0.766. The predicted molar refractivity (Wildman–Crippen MR) is 43.1 cm³/mol. The molecule has 11 heavy (non-hydrogen) atoms. The van der Waals surface area contributed by atoms with Gasteiger partial charge in [-0.05, 0) is 7.05 Å². The molecule has 0 aromatic carbocycles. The summed E-state index contributed by atoms with van der Waals surface area (Å²) in [6, 6.07) is 0. The van der Waals surface area contributed by atoms with Crippen LogP contribution in [0.2, 0.25) is 0 Å². The average molecular weight is 155 g/mol. The van der Waals surface area contributed by atoms with Crippen LogP contribution in [0.5, 0.6) is 0 Å². The Kier molecular flexibility index (Phi) is 4.32. The van der Waals surface area contributed by atoms with Gasteiger partial charge in [0.15, 0.2) is 0 Å². The van der Waals surface area contributed by atoms with Crippen molar-refractivity contribution in [2.24, 2.45) is 5.92 Å². The Labute approximate surface area is 67.0 Å². The van der Waals surface area contributed by atoms with Gasteiger partial charge < -0.3 is 5.11 Å². The molecule has 0 spiro atoms. The van der Waals surface area contributed by atoms with Gasteiger partial charge in [-0.3, -0.25) is 9.69 Å². The van der Waals surface area contributed by atoms with E-state index >= 15 is 0 Å². The Bertz CT molecular complexity index is 171. The topological polar surface area (TPSA) is 40.5 Å². The number of aliphatic carboxylic acids is 1. The molecule has 3 nitrogen and oxygen atoms in total. The second kappa shape index (κ2) is 4.75. The number of carboxylic acid groups (broad SMARTS) is 1. The van der Waals surface area contributed by atoms with Crippen LogP contribution in [0.3, 0.4) is 0 Å². The first-order valence-corrected chi connectivity index (χ1v) is 3.42. The third-order valence-corrected chi connectivity index (χ3v) is 1.37. The molecule has 1 atom stereocenters. The number of carboxylic acids is 1. The maximum atomic E-state index is 10.4. The summed E-state index contributed by atoms with van der Waals surface area (Å²) >= 11 is 0. The fraction of sp³-hybridized carbons (Fsp3) is 0.625. The number of nitrogens with zero attached hydrogens (tertiary/aromatic N) is 1. The molecule has 0 fully saturated rings. The first kappa shape index (κ1) is 9.99. The molecule has 3 heteroatoms. The molecule has 0 radical (unpaired) electrons. The minimum Gasteiger partial charge on any atom is -0.481 e. The molecule has 0 heterocycles. The van der Waals surface area contributed by atoms with E-state index in [2.05, 4.69) is 5.92 Å². The number of hydrogen-bond acceptors (Lipinski definition) is 2. The molecule has 0 aliphatic heterocycles. The largest absolute Gasteiger partial charge is 0.481 e. The third kappa shape index (κ3) is 4.40. The summed E-state index contributed by atoms with van der Waals surface area (Å²) in [6.07, 6.45) is 5.04. The number of carbonyl (C=O) groups is 1. The molecule has 0 saturated carbocycles. The molecular weight excluding hydrogens is 142 g/mol. The Balaban J connectivity index is 3.67. The van der Waals surface area contributed by atoms with Crippen molar-refractivity contribution in [1.82, 2.24) is 4.90 Å². The van der Waals surface area contributed by atoms with Crippen molar-refractivity contribution in [2.45, 2.75) is 6.92 Å². The lowest BCUT2D eigenvalue weighted by Gasteiger charge is -2.15. The summed E-state index contributed by atoms with van der Waals surface area (Å²) < 4.78 is 0. The summed E-state index contributed by atoms with van der Waals surface area (Å²) in [6.45, 7) is 2.66. The van der Waals surface area contributed by atoms with Crippen molar-refractivity contribution in [3.8, 4) is 12.3 Å². The van der Waals surface area contributed by atoms with Gasteiger partial charge in [-0.25, -0.2) is 0 Å². The molecule has 1 unspecified atom stereocenters. The van der Waals surface area contributed by atoms with E-state index < -0.39 is 5.97 Å². The zero-order valence-corrected chi connectivity index (χ0v) is 6.87. The summed E-state index contributed by atoms with van der Waals surface area (Å²) in [7, 11) is 1.80. The van der Waals surface area contributed by atoms with Crippen LogP contribution in [0.25, 0.3) is 0 Å². The lowest BCUT2D eigenvalue weighted by atomic mass is 10.2. The van der Waals surface area contributed by atoms with Gasteiger partial charge in [0.2, 0.25) is 0 Å². The molecule has 0 aromatic heterocycles. The van der Waals surface area contributed by atoms with Gasteiger partial charge in [0.1, 0.15) is 0 Å². The van der Waals surface area contributed by atoms with Gasteiger partial charge in [0, 0.05) is 6.54 Å². The second-order valence-electron chi connectivity index (χ2n) is 2.64. The number of terminal acetylenes is 1. The summed E-state index contributed by atoms with van der Waals surface area (Å²) in [4.78, 5) is 12.2. The van der Waals surface area contributed by atoms with Gasteiger partial charge in [-0.2, -0.15) is 0 Å². The maximum Gasteiger partial charge on any atom is 0.307 e. The van der Waals surface area contributed by atoms with E-state index in [4.69, 9.17) is 11.5 Å². The van der Waals surface area contributed by atoms with Crippen LogP contribution in [0.4, 0.5) is 0 Å². The van der Waals surface area contributed by atoms with Crippen molar-refractivity contribution in [3.05, 3.63) is 0 Å². The van der Waals surface area contributed by atoms with Crippen LogP contribution in [0.15, 0.2) is 0 Å². The van der Waals surface area contributed by atoms with E-state index in [-0.39, 0.29) is 5.92 Å². The molecule has 0 rings (SSSR count). The van der Waals surface area contributed by atoms with E-state index in [0.29, 0.717) is 13.1 Å². The van der Waals surface area contributed by atoms with Gasteiger partial charge >= 0.3 is 5.97 Å². The Morgan fingerprint density at radius 2 is 2.36 bits per heavy atom. The van der Waals surface area contributed by atoms with E-state index in [0.717, 1.165) is 0 Å². The Morgan fingerprint density at radius 1 is 1.82 bits per heavy atom. The zero-order chi connectivity index (χ0) is 8.85.